The van der Waals surface area contributed by atoms with E-state index in [2.05, 4.69) is 32.1 Å². The lowest BCUT2D eigenvalue weighted by molar-refractivity contribution is -0.144. The third kappa shape index (κ3) is 8.12. The normalized spacial score (nSPS) is 36.7. The molecule has 4 aliphatic heterocycles. The van der Waals surface area contributed by atoms with Crippen LogP contribution in [0.2, 0.25) is 0 Å². The van der Waals surface area contributed by atoms with Gasteiger partial charge in [-0.15, -0.1) is 0 Å². The number of ketones is 1. The molecule has 6 heteroatoms. The zero-order valence-corrected chi connectivity index (χ0v) is 21.8. The minimum atomic E-state index is -0.449. The fraction of sp³-hybridized carbons (Fsp3) is 0.600. The molecule has 0 saturated carbocycles. The molecule has 4 heterocycles. The molecule has 0 aromatic carbocycles. The molecule has 1 saturated heterocycles. The van der Waals surface area contributed by atoms with E-state index in [0.717, 1.165) is 31.3 Å². The van der Waals surface area contributed by atoms with Gasteiger partial charge in [-0.1, -0.05) is 54.5 Å². The van der Waals surface area contributed by atoms with Crippen molar-refractivity contribution in [3.8, 4) is 0 Å². The van der Waals surface area contributed by atoms with Gasteiger partial charge in [0, 0.05) is 18.9 Å². The van der Waals surface area contributed by atoms with Crippen LogP contribution in [0, 0.1) is 5.92 Å². The lowest BCUT2D eigenvalue weighted by atomic mass is 9.93. The summed E-state index contributed by atoms with van der Waals surface area (Å²) in [5.41, 5.74) is 2.37. The molecule has 0 spiro atoms. The molecule has 7 atom stereocenters. The molecule has 4 rings (SSSR count). The van der Waals surface area contributed by atoms with E-state index in [4.69, 9.17) is 18.9 Å². The maximum atomic E-state index is 12.8. The molecular formula is C30H40O6. The van der Waals surface area contributed by atoms with Crippen LogP contribution in [0.25, 0.3) is 0 Å². The first-order chi connectivity index (χ1) is 17.3. The van der Waals surface area contributed by atoms with Gasteiger partial charge in [-0.3, -0.25) is 4.79 Å². The van der Waals surface area contributed by atoms with Crippen LogP contribution in [0.5, 0.6) is 0 Å². The molecule has 4 aliphatic rings. The van der Waals surface area contributed by atoms with Crippen molar-refractivity contribution in [2.24, 2.45) is 5.92 Å². The Bertz CT molecular complexity index is 941. The fourth-order valence-electron chi connectivity index (χ4n) is 5.51. The van der Waals surface area contributed by atoms with Crippen molar-refractivity contribution in [2.75, 3.05) is 6.61 Å². The second kappa shape index (κ2) is 12.8. The van der Waals surface area contributed by atoms with Gasteiger partial charge in [-0.25, -0.2) is 4.79 Å². The van der Waals surface area contributed by atoms with E-state index in [9.17, 15) is 9.59 Å². The highest BCUT2D eigenvalue weighted by molar-refractivity contribution is 5.90. The smallest absolute Gasteiger partial charge is 0.330 e. The minimum Gasteiger partial charge on any atom is -0.456 e. The third-order valence-electron chi connectivity index (χ3n) is 7.17. The maximum Gasteiger partial charge on any atom is 0.330 e. The molecular weight excluding hydrogens is 456 g/mol. The zero-order chi connectivity index (χ0) is 25.5. The lowest BCUT2D eigenvalue weighted by Crippen LogP contribution is -2.26. The van der Waals surface area contributed by atoms with E-state index >= 15 is 0 Å². The first kappa shape index (κ1) is 26.8. The largest absolute Gasteiger partial charge is 0.456 e. The standard InChI is InChI=1S/C30H40O6/c1-20-12-13-33-25(16-20)10-11-28-29-19-27(35-28)18-23(31)15-21(2)14-22(3)17-26-8-4-6-24(34-26)7-5-9-30(32)36-29/h4-6,9-12,15,22,24-29H,7-8,13-14,16-19H2,1-3H3/t22-,24-,25+,26-,27-,28-,29-/m0/s1. The predicted molar refractivity (Wildman–Crippen MR) is 138 cm³/mol. The van der Waals surface area contributed by atoms with Crippen LogP contribution >= 0.6 is 0 Å². The predicted octanol–water partition coefficient (Wildman–Crippen LogP) is 5.34. The molecule has 4 bridgehead atoms. The van der Waals surface area contributed by atoms with E-state index < -0.39 is 18.2 Å². The second-order valence-electron chi connectivity index (χ2n) is 10.7. The van der Waals surface area contributed by atoms with Crippen LogP contribution in [0.4, 0.5) is 0 Å². The van der Waals surface area contributed by atoms with Crippen LogP contribution in [0.1, 0.15) is 65.7 Å². The Balaban J connectivity index is 1.48. The summed E-state index contributed by atoms with van der Waals surface area (Å²) in [6, 6.07) is 0. The SMILES string of the molecule is CC1=CC(=O)C[C@H]2C[C@H](OC(=O)C=CC[C@@H]3C=CC[C@@H](C[C@@H](C)C1)O3)[C@H](C=C[C@@H]1CC(C)=CCO1)O2. The Hall–Kier alpha value is -2.28. The van der Waals surface area contributed by atoms with Gasteiger partial charge in [0.2, 0.25) is 0 Å². The highest BCUT2D eigenvalue weighted by Gasteiger charge is 2.37. The topological polar surface area (TPSA) is 71.1 Å². The molecule has 0 N–H and O–H groups in total. The average molecular weight is 497 g/mol. The van der Waals surface area contributed by atoms with Gasteiger partial charge in [0.25, 0.3) is 0 Å². The number of allylic oxidation sites excluding steroid dienone is 2. The van der Waals surface area contributed by atoms with E-state index in [0.29, 0.717) is 25.4 Å². The van der Waals surface area contributed by atoms with Crippen molar-refractivity contribution in [2.45, 2.75) is 102 Å². The van der Waals surface area contributed by atoms with Gasteiger partial charge in [0.05, 0.1) is 31.0 Å². The Morgan fingerprint density at radius 3 is 2.61 bits per heavy atom. The van der Waals surface area contributed by atoms with Crippen LogP contribution in [-0.2, 0) is 28.5 Å². The van der Waals surface area contributed by atoms with Crippen LogP contribution in [0.15, 0.2) is 59.8 Å². The highest BCUT2D eigenvalue weighted by atomic mass is 16.6. The van der Waals surface area contributed by atoms with Crippen LogP contribution in [0.3, 0.4) is 0 Å². The van der Waals surface area contributed by atoms with Crippen LogP contribution in [-0.4, -0.2) is 55.0 Å². The van der Waals surface area contributed by atoms with Crippen molar-refractivity contribution in [3.63, 3.8) is 0 Å². The summed E-state index contributed by atoms with van der Waals surface area (Å²) in [6.07, 6.45) is 19.2. The van der Waals surface area contributed by atoms with E-state index in [1.807, 2.05) is 25.2 Å². The van der Waals surface area contributed by atoms with E-state index in [-0.39, 0.29) is 36.6 Å². The summed E-state index contributed by atoms with van der Waals surface area (Å²) in [5, 5.41) is 0. The molecule has 1 fully saturated rings. The van der Waals surface area contributed by atoms with Gasteiger partial charge >= 0.3 is 5.97 Å². The molecule has 0 radical (unpaired) electrons. The number of hydrogen-bond acceptors (Lipinski definition) is 6. The van der Waals surface area contributed by atoms with Gasteiger partial charge in [0.15, 0.2) is 5.78 Å². The summed E-state index contributed by atoms with van der Waals surface area (Å²) >= 11 is 0. The number of rotatable bonds is 2. The molecule has 36 heavy (non-hydrogen) atoms. The van der Waals surface area contributed by atoms with Crippen LogP contribution < -0.4 is 0 Å². The molecule has 0 aromatic rings. The van der Waals surface area contributed by atoms with Gasteiger partial charge in [-0.2, -0.15) is 0 Å². The number of esters is 1. The number of carbonyl (C=O) groups is 2. The highest BCUT2D eigenvalue weighted by Crippen LogP contribution is 2.29. The molecule has 6 nitrogen and oxygen atoms in total. The van der Waals surface area contributed by atoms with Crippen molar-refractivity contribution >= 4 is 11.8 Å². The monoisotopic (exact) mass is 496 g/mol. The summed E-state index contributed by atoms with van der Waals surface area (Å²) in [7, 11) is 0. The Morgan fingerprint density at radius 2 is 1.78 bits per heavy atom. The van der Waals surface area contributed by atoms with Crippen molar-refractivity contribution in [1.82, 2.24) is 0 Å². The second-order valence-corrected chi connectivity index (χ2v) is 10.7. The van der Waals surface area contributed by atoms with Crippen molar-refractivity contribution < 1.29 is 28.5 Å². The first-order valence-corrected chi connectivity index (χ1v) is 13.3. The van der Waals surface area contributed by atoms with E-state index in [1.165, 1.54) is 11.6 Å². The quantitative estimate of drug-likeness (QED) is 0.380. The Labute approximate surface area is 215 Å². The van der Waals surface area contributed by atoms with Gasteiger partial charge in [-0.05, 0) is 57.9 Å². The molecule has 0 unspecified atom stereocenters. The summed E-state index contributed by atoms with van der Waals surface area (Å²) in [5.74, 6) is 0.0647. The average Bonchev–Trinajstić information content (AvgIpc) is 3.17. The lowest BCUT2D eigenvalue weighted by Gasteiger charge is -2.27. The third-order valence-corrected chi connectivity index (χ3v) is 7.17. The van der Waals surface area contributed by atoms with E-state index in [1.54, 1.807) is 6.08 Å². The number of carbonyl (C=O) groups excluding carboxylic acids is 2. The number of ether oxygens (including phenoxy) is 4. The summed E-state index contributed by atoms with van der Waals surface area (Å²) in [4.78, 5) is 25.4. The Morgan fingerprint density at radius 1 is 0.917 bits per heavy atom. The number of fused-ring (bicyclic) bond motifs is 4. The molecule has 0 amide bonds. The van der Waals surface area contributed by atoms with Crippen molar-refractivity contribution in [3.05, 3.63) is 59.8 Å². The molecule has 0 aromatic heterocycles. The van der Waals surface area contributed by atoms with Gasteiger partial charge in [0.1, 0.15) is 12.2 Å². The first-order valence-electron chi connectivity index (χ1n) is 13.3. The number of hydrogen-bond donors (Lipinski definition) is 0. The molecule has 196 valence electrons. The zero-order valence-electron chi connectivity index (χ0n) is 21.8. The fourth-order valence-corrected chi connectivity index (χ4v) is 5.51. The van der Waals surface area contributed by atoms with Crippen molar-refractivity contribution in [1.29, 1.82) is 0 Å². The minimum absolute atomic E-state index is 0.0232. The summed E-state index contributed by atoms with van der Waals surface area (Å²) in [6.45, 7) is 6.92. The summed E-state index contributed by atoms with van der Waals surface area (Å²) < 4.78 is 24.0. The maximum absolute atomic E-state index is 12.8. The molecule has 0 aliphatic carbocycles. The van der Waals surface area contributed by atoms with Gasteiger partial charge < -0.3 is 18.9 Å². The Kier molecular flexibility index (Phi) is 9.52.